The van der Waals surface area contributed by atoms with Gasteiger partial charge in [0.1, 0.15) is 4.90 Å². The zero-order chi connectivity index (χ0) is 12.3. The van der Waals surface area contributed by atoms with Crippen LogP contribution in [0.15, 0.2) is 22.7 Å². The number of aryl methyl sites for hydroxylation is 1. The van der Waals surface area contributed by atoms with E-state index in [0.717, 1.165) is 0 Å². The number of nitrogens with two attached hydrogens (primary N) is 1. The van der Waals surface area contributed by atoms with Gasteiger partial charge in [-0.1, -0.05) is 18.2 Å². The molecular weight excluding hydrogens is 252 g/mol. The summed E-state index contributed by atoms with van der Waals surface area (Å²) >= 11 is 5.47. The lowest BCUT2D eigenvalue weighted by atomic mass is 10.6. The number of aromatic nitrogens is 2. The number of nitrogens with one attached hydrogen (secondary N) is 1. The lowest BCUT2D eigenvalue weighted by molar-refractivity contribution is 0.585. The Balaban J connectivity index is 2.97. The topological polar surface area (TPSA) is 90.0 Å². The summed E-state index contributed by atoms with van der Waals surface area (Å²) in [6, 6.07) is 0. The van der Waals surface area contributed by atoms with Crippen molar-refractivity contribution in [2.24, 2.45) is 0 Å². The van der Waals surface area contributed by atoms with E-state index < -0.39 is 10.0 Å². The second kappa shape index (κ2) is 4.86. The van der Waals surface area contributed by atoms with E-state index >= 15 is 0 Å². The Hall–Kier alpha value is -1.05. The first-order chi connectivity index (χ1) is 7.36. The van der Waals surface area contributed by atoms with E-state index in [0.29, 0.717) is 6.54 Å². The van der Waals surface area contributed by atoms with E-state index in [-0.39, 0.29) is 22.3 Å². The molecule has 0 radical (unpaired) electrons. The van der Waals surface area contributed by atoms with Gasteiger partial charge in [-0.15, -0.1) is 0 Å². The molecule has 0 atom stereocenters. The summed E-state index contributed by atoms with van der Waals surface area (Å²) < 4.78 is 27.2. The van der Waals surface area contributed by atoms with Crippen LogP contribution in [0.4, 0.5) is 5.82 Å². The van der Waals surface area contributed by atoms with Crippen LogP contribution in [-0.4, -0.2) is 24.7 Å². The molecule has 90 valence electrons. The molecule has 0 aromatic carbocycles. The molecule has 1 aromatic heterocycles. The maximum absolute atomic E-state index is 11.7. The Kier molecular flexibility index (Phi) is 3.95. The molecule has 0 bridgehead atoms. The van der Waals surface area contributed by atoms with Crippen molar-refractivity contribution in [2.75, 3.05) is 12.3 Å². The molecule has 0 saturated carbocycles. The van der Waals surface area contributed by atoms with Crippen LogP contribution in [-0.2, 0) is 16.6 Å². The number of hydrogen-bond acceptors (Lipinski definition) is 4. The first-order valence-corrected chi connectivity index (χ1v) is 6.38. The predicted octanol–water partition coefficient (Wildman–Crippen LogP) is 0.516. The van der Waals surface area contributed by atoms with Gasteiger partial charge in [0, 0.05) is 24.3 Å². The molecule has 0 amide bonds. The van der Waals surface area contributed by atoms with Gasteiger partial charge < -0.3 is 5.73 Å². The van der Waals surface area contributed by atoms with Gasteiger partial charge in [-0.25, -0.2) is 13.1 Å². The molecule has 1 aromatic rings. The summed E-state index contributed by atoms with van der Waals surface area (Å²) in [7, 11) is -3.68. The van der Waals surface area contributed by atoms with E-state index in [2.05, 4.69) is 16.4 Å². The zero-order valence-corrected chi connectivity index (χ0v) is 10.3. The number of nitrogen functional groups attached to an aromatic ring is 1. The average molecular weight is 265 g/mol. The normalized spacial score (nSPS) is 11.6. The third kappa shape index (κ3) is 2.97. The third-order valence-corrected chi connectivity index (χ3v) is 3.37. The molecule has 3 N–H and O–H groups in total. The molecule has 8 heteroatoms. The van der Waals surface area contributed by atoms with Gasteiger partial charge in [0.2, 0.25) is 10.0 Å². The lowest BCUT2D eigenvalue weighted by Gasteiger charge is -2.03. The number of rotatable bonds is 5. The van der Waals surface area contributed by atoms with Crippen molar-refractivity contribution in [1.29, 1.82) is 0 Å². The Morgan fingerprint density at radius 3 is 2.81 bits per heavy atom. The van der Waals surface area contributed by atoms with Crippen molar-refractivity contribution in [3.63, 3.8) is 0 Å². The number of halogens is 1. The second-order valence-corrected chi connectivity index (χ2v) is 5.35. The fraction of sp³-hybridized carbons (Fsp3) is 0.375. The highest BCUT2D eigenvalue weighted by atomic mass is 35.5. The summed E-state index contributed by atoms with van der Waals surface area (Å²) in [5, 5.41) is 4.04. The van der Waals surface area contributed by atoms with Crippen molar-refractivity contribution >= 4 is 27.4 Å². The minimum Gasteiger partial charge on any atom is -0.381 e. The van der Waals surface area contributed by atoms with Crippen LogP contribution in [0.2, 0.25) is 0 Å². The van der Waals surface area contributed by atoms with Crippen molar-refractivity contribution in [3.05, 3.63) is 17.8 Å². The summed E-state index contributed by atoms with van der Waals surface area (Å²) in [6.07, 6.45) is 1.37. The Morgan fingerprint density at radius 1 is 1.75 bits per heavy atom. The first-order valence-electron chi connectivity index (χ1n) is 4.52. The monoisotopic (exact) mass is 264 g/mol. The number of nitrogens with zero attached hydrogens (tertiary/aromatic N) is 2. The molecule has 0 saturated heterocycles. The molecule has 0 fully saturated rings. The van der Waals surface area contributed by atoms with Crippen molar-refractivity contribution in [1.82, 2.24) is 14.5 Å². The molecule has 1 heterocycles. The van der Waals surface area contributed by atoms with Crippen LogP contribution in [0.3, 0.4) is 0 Å². The molecule has 1 rings (SSSR count). The number of sulfonamides is 1. The maximum Gasteiger partial charge on any atom is 0.246 e. The average Bonchev–Trinajstić information content (AvgIpc) is 2.57. The maximum atomic E-state index is 11.7. The molecule has 6 nitrogen and oxygen atoms in total. The number of hydrogen-bond donors (Lipinski definition) is 2. The van der Waals surface area contributed by atoms with Crippen LogP contribution < -0.4 is 10.5 Å². The molecule has 0 spiro atoms. The van der Waals surface area contributed by atoms with Crippen molar-refractivity contribution in [2.45, 2.75) is 18.4 Å². The van der Waals surface area contributed by atoms with E-state index in [1.54, 1.807) is 0 Å². The van der Waals surface area contributed by atoms with E-state index in [4.69, 9.17) is 17.3 Å². The van der Waals surface area contributed by atoms with Crippen molar-refractivity contribution < 1.29 is 8.42 Å². The molecule has 0 unspecified atom stereocenters. The summed E-state index contributed by atoms with van der Waals surface area (Å²) in [4.78, 5) is -0.0488. The largest absolute Gasteiger partial charge is 0.381 e. The van der Waals surface area contributed by atoms with Crippen LogP contribution in [0.1, 0.15) is 6.92 Å². The van der Waals surface area contributed by atoms with Gasteiger partial charge in [-0.05, 0) is 6.92 Å². The summed E-state index contributed by atoms with van der Waals surface area (Å²) in [5.74, 6) is -0.0328. The van der Waals surface area contributed by atoms with Crippen LogP contribution in [0.5, 0.6) is 0 Å². The van der Waals surface area contributed by atoms with Gasteiger partial charge in [0.25, 0.3) is 0 Å². The predicted molar refractivity (Wildman–Crippen MR) is 62.5 cm³/mol. The Bertz CT molecular complexity index is 494. The molecule has 16 heavy (non-hydrogen) atoms. The Morgan fingerprint density at radius 2 is 2.38 bits per heavy atom. The smallest absolute Gasteiger partial charge is 0.246 e. The van der Waals surface area contributed by atoms with E-state index in [1.807, 2.05) is 6.92 Å². The highest BCUT2D eigenvalue weighted by Crippen LogP contribution is 2.16. The van der Waals surface area contributed by atoms with Crippen LogP contribution in [0.25, 0.3) is 0 Å². The highest BCUT2D eigenvalue weighted by Gasteiger charge is 2.20. The first kappa shape index (κ1) is 13.0. The fourth-order valence-corrected chi connectivity index (χ4v) is 2.28. The van der Waals surface area contributed by atoms with Gasteiger partial charge in [0.05, 0.1) is 0 Å². The third-order valence-electron chi connectivity index (χ3n) is 1.82. The van der Waals surface area contributed by atoms with Crippen LogP contribution in [0, 0.1) is 0 Å². The minimum absolute atomic E-state index is 0.0328. The highest BCUT2D eigenvalue weighted by molar-refractivity contribution is 7.89. The minimum atomic E-state index is -3.68. The molecule has 0 aliphatic rings. The quantitative estimate of drug-likeness (QED) is 0.811. The fourth-order valence-electron chi connectivity index (χ4n) is 1.04. The molecule has 0 aliphatic carbocycles. The van der Waals surface area contributed by atoms with Gasteiger partial charge >= 0.3 is 0 Å². The number of anilines is 1. The van der Waals surface area contributed by atoms with Crippen molar-refractivity contribution in [3.8, 4) is 0 Å². The van der Waals surface area contributed by atoms with E-state index in [1.165, 1.54) is 10.9 Å². The van der Waals surface area contributed by atoms with Gasteiger partial charge in [0.15, 0.2) is 5.82 Å². The standard InChI is InChI=1S/C8H13ClN4O2S/c1-3-13-5-7(8(10)12-13)16(14,15)11-4-6(2)9/h5,11H,2-4H2,1H3,(H2,10,12). The lowest BCUT2D eigenvalue weighted by Crippen LogP contribution is -2.25. The zero-order valence-electron chi connectivity index (χ0n) is 8.77. The second-order valence-electron chi connectivity index (χ2n) is 3.08. The SMILES string of the molecule is C=C(Cl)CNS(=O)(=O)c1cn(CC)nc1N. The Labute approximate surface area is 99.1 Å². The molecule has 0 aliphatic heterocycles. The summed E-state index contributed by atoms with van der Waals surface area (Å²) in [5.41, 5.74) is 5.50. The summed E-state index contributed by atoms with van der Waals surface area (Å²) in [6.45, 7) is 5.71. The van der Waals surface area contributed by atoms with Crippen LogP contribution >= 0.6 is 11.6 Å². The molecular formula is C8H13ClN4O2S. The van der Waals surface area contributed by atoms with Gasteiger partial charge in [-0.3, -0.25) is 4.68 Å². The van der Waals surface area contributed by atoms with E-state index in [9.17, 15) is 8.42 Å². The van der Waals surface area contributed by atoms with Gasteiger partial charge in [-0.2, -0.15) is 5.10 Å².